The van der Waals surface area contributed by atoms with Gasteiger partial charge in [-0.2, -0.15) is 0 Å². The molecule has 0 N–H and O–H groups in total. The molecule has 0 bridgehead atoms. The quantitative estimate of drug-likeness (QED) is 0.484. The van der Waals surface area contributed by atoms with Crippen LogP contribution in [0.1, 0.15) is 51.4 Å². The van der Waals surface area contributed by atoms with Crippen LogP contribution in [-0.2, 0) is 13.4 Å². The van der Waals surface area contributed by atoms with Crippen molar-refractivity contribution in [2.24, 2.45) is 13.0 Å². The Morgan fingerprint density at radius 3 is 2.70 bits per heavy atom. The molecule has 3 aromatic rings. The van der Waals surface area contributed by atoms with Crippen molar-refractivity contribution in [2.75, 3.05) is 7.05 Å². The fourth-order valence-corrected chi connectivity index (χ4v) is 5.08. The van der Waals surface area contributed by atoms with Crippen molar-refractivity contribution >= 4 is 35.0 Å². The molecule has 0 saturated heterocycles. The minimum atomic E-state index is -2.27. The number of nitrogens with zero attached hydrogens (tertiary/aromatic N) is 2. The molecule has 30 heavy (non-hydrogen) atoms. The molecule has 2 nitrogen and oxygen atoms in total. The molecule has 5 rings (SSSR count). The van der Waals surface area contributed by atoms with Gasteiger partial charge in [-0.25, -0.2) is 4.57 Å². The lowest BCUT2D eigenvalue weighted by Gasteiger charge is -2.28. The van der Waals surface area contributed by atoms with Crippen LogP contribution in [0.15, 0.2) is 54.6 Å². The first kappa shape index (κ1) is 14.5. The largest absolute Gasteiger partial charge is 0.408 e. The van der Waals surface area contributed by atoms with Gasteiger partial charge in [0.05, 0.1) is 0 Å². The number of fused-ring (bicyclic) bond motifs is 2. The lowest BCUT2D eigenvalue weighted by atomic mass is 9.54. The highest BCUT2D eigenvalue weighted by molar-refractivity contribution is 6.82. The van der Waals surface area contributed by atoms with E-state index in [4.69, 9.17) is 4.11 Å². The summed E-state index contributed by atoms with van der Waals surface area (Å²) in [5, 5.41) is 2.55. The second-order valence-electron chi connectivity index (χ2n) is 8.70. The lowest BCUT2D eigenvalue weighted by Crippen LogP contribution is -2.62. The molecule has 2 heterocycles. The first-order valence-corrected chi connectivity index (χ1v) is 11.1. The second kappa shape index (κ2) is 7.94. The number of aryl methyl sites for hydroxylation is 1. The van der Waals surface area contributed by atoms with Crippen LogP contribution < -0.4 is 20.6 Å². The van der Waals surface area contributed by atoms with Gasteiger partial charge in [-0.15, -0.1) is 0 Å². The molecule has 1 saturated carbocycles. The average Bonchev–Trinajstić information content (AvgIpc) is 2.84. The number of para-hydroxylation sites is 1. The van der Waals surface area contributed by atoms with Crippen molar-refractivity contribution in [3.63, 3.8) is 0 Å². The molecule has 0 unspecified atom stereocenters. The molecule has 1 fully saturated rings. The third-order valence-electron chi connectivity index (χ3n) is 6.83. The molecular formula is C27H32BN2+. The van der Waals surface area contributed by atoms with Gasteiger partial charge in [0.25, 0.3) is 0 Å². The van der Waals surface area contributed by atoms with E-state index in [9.17, 15) is 2.74 Å². The summed E-state index contributed by atoms with van der Waals surface area (Å²) in [5.74, 6) is 2.09. The van der Waals surface area contributed by atoms with E-state index in [-0.39, 0.29) is 12.8 Å². The molecule has 0 radical (unpaired) electrons. The number of rotatable bonds is 3. The molecule has 0 atom stereocenters. The van der Waals surface area contributed by atoms with E-state index in [0.717, 1.165) is 52.6 Å². The smallest absolute Gasteiger partial charge is 0.396 e. The van der Waals surface area contributed by atoms with Gasteiger partial charge in [-0.05, 0) is 48.3 Å². The minimum absolute atomic E-state index is 0.0153. The van der Waals surface area contributed by atoms with Crippen LogP contribution in [0.2, 0.25) is 0 Å². The van der Waals surface area contributed by atoms with Crippen LogP contribution in [0.3, 0.4) is 0 Å². The maximum absolute atomic E-state index is 9.27. The van der Waals surface area contributed by atoms with Gasteiger partial charge in [0, 0.05) is 30.1 Å². The summed E-state index contributed by atoms with van der Waals surface area (Å²) < 4.78 is 45.5. The third-order valence-corrected chi connectivity index (χ3v) is 6.83. The molecule has 1 aliphatic carbocycles. The Morgan fingerprint density at radius 1 is 1.10 bits per heavy atom. The number of aromatic nitrogens is 1. The summed E-state index contributed by atoms with van der Waals surface area (Å²) in [5.41, 5.74) is 2.88. The Morgan fingerprint density at radius 2 is 1.87 bits per heavy atom. The van der Waals surface area contributed by atoms with E-state index in [1.807, 2.05) is 73.5 Å². The molecule has 152 valence electrons. The summed E-state index contributed by atoms with van der Waals surface area (Å²) in [6.07, 6.45) is 3.65. The first-order valence-electron chi connectivity index (χ1n) is 13.6. The van der Waals surface area contributed by atoms with Gasteiger partial charge in [0.2, 0.25) is 5.52 Å². The van der Waals surface area contributed by atoms with Gasteiger partial charge in [-0.1, -0.05) is 74.5 Å². The monoisotopic (exact) mass is 400 g/mol. The van der Waals surface area contributed by atoms with E-state index in [1.165, 1.54) is 6.42 Å². The average molecular weight is 400 g/mol. The Balaban J connectivity index is 1.75. The van der Waals surface area contributed by atoms with E-state index >= 15 is 0 Å². The summed E-state index contributed by atoms with van der Waals surface area (Å²) in [7, 11) is 3.83. The molecule has 2 aromatic carbocycles. The predicted molar refractivity (Wildman–Crippen MR) is 128 cm³/mol. The summed E-state index contributed by atoms with van der Waals surface area (Å²) >= 11 is 0. The Labute approximate surface area is 187 Å². The third kappa shape index (κ3) is 3.35. The van der Waals surface area contributed by atoms with Gasteiger partial charge in [0.1, 0.15) is 7.05 Å². The predicted octanol–water partition coefficient (Wildman–Crippen LogP) is 3.08. The van der Waals surface area contributed by atoms with E-state index in [0.29, 0.717) is 11.3 Å². The van der Waals surface area contributed by atoms with Crippen LogP contribution in [0, 0.1) is 5.92 Å². The molecule has 0 amide bonds. The number of benzene rings is 2. The highest BCUT2D eigenvalue weighted by Crippen LogP contribution is 2.28. The van der Waals surface area contributed by atoms with E-state index in [2.05, 4.69) is 10.5 Å². The van der Waals surface area contributed by atoms with Crippen molar-refractivity contribution in [3.05, 3.63) is 70.6 Å². The maximum atomic E-state index is 9.27. The summed E-state index contributed by atoms with van der Waals surface area (Å²) in [4.78, 5) is 1.85. The fourth-order valence-electron chi connectivity index (χ4n) is 5.08. The van der Waals surface area contributed by atoms with Crippen molar-refractivity contribution in [1.29, 1.82) is 0 Å². The molecule has 0 spiro atoms. The molecule has 3 heteroatoms. The van der Waals surface area contributed by atoms with Crippen molar-refractivity contribution in [1.82, 2.24) is 4.81 Å². The summed E-state index contributed by atoms with van der Waals surface area (Å²) in [6, 6.07) is 17.6. The number of pyridine rings is 1. The standard InChI is InChI=1S/C27H32BN2/c1-20-24-14-8-7-13-22(24)19-28(30(20)3)27-18-23(17-21-11-5-4-6-12-21)25-15-9-10-16-26(25)29(27)2/h7-10,13-16,18-19,21H,4-6,11-12,17H2,1-3H3/q+1/i1D3,17D2. The van der Waals surface area contributed by atoms with Gasteiger partial charge >= 0.3 is 6.85 Å². The van der Waals surface area contributed by atoms with Crippen molar-refractivity contribution < 1.29 is 11.4 Å². The fraction of sp³-hybridized carbons (Fsp3) is 0.370. The second-order valence-corrected chi connectivity index (χ2v) is 8.70. The SMILES string of the molecule is [2H]C([2H])([2H])C1=c2ccccc2=CB(c2cc(C([2H])([2H])C3CCCCC3)c3ccccc3[n+]2C)N1C. The molecule has 1 aromatic heterocycles. The van der Waals surface area contributed by atoms with Crippen LogP contribution in [0.4, 0.5) is 0 Å². The maximum Gasteiger partial charge on any atom is 0.396 e. The lowest BCUT2D eigenvalue weighted by molar-refractivity contribution is -0.627. The number of hydrogen-bond acceptors (Lipinski definition) is 1. The zero-order valence-electron chi connectivity index (χ0n) is 22.9. The van der Waals surface area contributed by atoms with Crippen molar-refractivity contribution in [2.45, 2.75) is 45.3 Å². The minimum Gasteiger partial charge on any atom is -0.408 e. The highest BCUT2D eigenvalue weighted by atomic mass is 15.1. The van der Waals surface area contributed by atoms with Crippen molar-refractivity contribution in [3.8, 4) is 0 Å². The van der Waals surface area contributed by atoms with Crippen LogP contribution in [0.5, 0.6) is 0 Å². The normalized spacial score (nSPS) is 20.6. The summed E-state index contributed by atoms with van der Waals surface area (Å²) in [6.45, 7) is -2.61. The zero-order valence-corrected chi connectivity index (χ0v) is 17.9. The van der Waals surface area contributed by atoms with Gasteiger partial charge in [0.15, 0.2) is 5.59 Å². The van der Waals surface area contributed by atoms with Crippen LogP contribution in [-0.4, -0.2) is 18.7 Å². The van der Waals surface area contributed by atoms with Crippen LogP contribution >= 0.6 is 0 Å². The van der Waals surface area contributed by atoms with Crippen LogP contribution in [0.25, 0.3) is 22.6 Å². The zero-order chi connectivity index (χ0) is 25.0. The Kier molecular flexibility index (Phi) is 3.83. The topological polar surface area (TPSA) is 7.12 Å². The Hall–Kier alpha value is -2.55. The molecular weight excluding hydrogens is 363 g/mol. The van der Waals surface area contributed by atoms with Gasteiger partial charge < -0.3 is 4.81 Å². The number of hydrogen-bond donors (Lipinski definition) is 0. The van der Waals surface area contributed by atoms with E-state index in [1.54, 1.807) is 0 Å². The van der Waals surface area contributed by atoms with Gasteiger partial charge in [-0.3, -0.25) is 0 Å². The Bertz CT molecular complexity index is 1390. The first-order chi connectivity index (χ1) is 16.6. The highest BCUT2D eigenvalue weighted by Gasteiger charge is 2.33. The molecule has 2 aliphatic rings. The molecule has 1 aliphatic heterocycles. The van der Waals surface area contributed by atoms with E-state index < -0.39 is 13.2 Å².